The van der Waals surface area contributed by atoms with Gasteiger partial charge in [0.2, 0.25) is 0 Å². The molecule has 1 fully saturated rings. The molecule has 0 saturated carbocycles. The summed E-state index contributed by atoms with van der Waals surface area (Å²) in [7, 11) is 0. The van der Waals surface area contributed by atoms with E-state index in [1.54, 1.807) is 0 Å². The molecule has 76 valence electrons. The summed E-state index contributed by atoms with van der Waals surface area (Å²) < 4.78 is 0. The van der Waals surface area contributed by atoms with Gasteiger partial charge in [0.1, 0.15) is 0 Å². The van der Waals surface area contributed by atoms with Gasteiger partial charge in [-0.15, -0.1) is 0 Å². The molecule has 0 aromatic heterocycles. The monoisotopic (exact) mass is 190 g/mol. The molecule has 1 aromatic rings. The first kappa shape index (κ1) is 9.53. The van der Waals surface area contributed by atoms with Gasteiger partial charge in [0, 0.05) is 11.7 Å². The fourth-order valence-electron chi connectivity index (χ4n) is 2.21. The van der Waals surface area contributed by atoms with Crippen LogP contribution in [-0.2, 0) is 0 Å². The first-order chi connectivity index (χ1) is 6.77. The van der Waals surface area contributed by atoms with E-state index in [0.717, 1.165) is 12.2 Å². The van der Waals surface area contributed by atoms with Crippen molar-refractivity contribution in [2.24, 2.45) is 0 Å². The van der Waals surface area contributed by atoms with Gasteiger partial charge in [-0.3, -0.25) is 0 Å². The smallest absolute Gasteiger partial charge is 0.0322 e. The van der Waals surface area contributed by atoms with Crippen molar-refractivity contribution in [2.75, 3.05) is 12.3 Å². The molecule has 0 bridgehead atoms. The zero-order chi connectivity index (χ0) is 9.97. The maximum Gasteiger partial charge on any atom is 0.0322 e. The Morgan fingerprint density at radius 1 is 1.36 bits per heavy atom. The molecule has 3 N–H and O–H groups in total. The lowest BCUT2D eigenvalue weighted by atomic mass is 9.94. The minimum atomic E-state index is 0.546. The van der Waals surface area contributed by atoms with Crippen molar-refractivity contribution < 1.29 is 0 Å². The second-order valence-electron chi connectivity index (χ2n) is 4.12. The minimum Gasteiger partial charge on any atom is -0.399 e. The molecule has 1 heterocycles. The maximum absolute atomic E-state index is 5.74. The molecule has 0 amide bonds. The SMILES string of the molecule is Cc1cc(N)ccc1C1CCCCN1. The molecule has 0 spiro atoms. The first-order valence-electron chi connectivity index (χ1n) is 5.37. The molecule has 1 aliphatic heterocycles. The molecule has 0 aliphatic carbocycles. The third-order valence-electron chi connectivity index (χ3n) is 2.98. The fraction of sp³-hybridized carbons (Fsp3) is 0.500. The van der Waals surface area contributed by atoms with Crippen LogP contribution < -0.4 is 11.1 Å². The lowest BCUT2D eigenvalue weighted by Crippen LogP contribution is -2.27. The molecule has 2 nitrogen and oxygen atoms in total. The van der Waals surface area contributed by atoms with Gasteiger partial charge in [-0.2, -0.15) is 0 Å². The lowest BCUT2D eigenvalue weighted by Gasteiger charge is -2.25. The number of aryl methyl sites for hydroxylation is 1. The number of nitrogen functional groups attached to an aromatic ring is 1. The van der Waals surface area contributed by atoms with Crippen LogP contribution >= 0.6 is 0 Å². The predicted molar refractivity (Wildman–Crippen MR) is 60.2 cm³/mol. The van der Waals surface area contributed by atoms with E-state index in [1.165, 1.54) is 30.4 Å². The second kappa shape index (κ2) is 4.01. The largest absolute Gasteiger partial charge is 0.399 e. The highest BCUT2D eigenvalue weighted by Gasteiger charge is 2.15. The van der Waals surface area contributed by atoms with Crippen molar-refractivity contribution in [3.63, 3.8) is 0 Å². The van der Waals surface area contributed by atoms with Crippen molar-refractivity contribution in [3.05, 3.63) is 29.3 Å². The summed E-state index contributed by atoms with van der Waals surface area (Å²) in [6.45, 7) is 3.29. The third kappa shape index (κ3) is 1.90. The van der Waals surface area contributed by atoms with E-state index in [9.17, 15) is 0 Å². The van der Waals surface area contributed by atoms with E-state index in [4.69, 9.17) is 5.73 Å². The summed E-state index contributed by atoms with van der Waals surface area (Å²) in [5.74, 6) is 0. The number of rotatable bonds is 1. The minimum absolute atomic E-state index is 0.546. The Balaban J connectivity index is 2.22. The standard InChI is InChI=1S/C12H18N2/c1-9-8-10(13)5-6-11(9)12-4-2-3-7-14-12/h5-6,8,12,14H,2-4,7,13H2,1H3. The van der Waals surface area contributed by atoms with E-state index in [1.807, 2.05) is 6.07 Å². The van der Waals surface area contributed by atoms with Crippen LogP contribution in [0.15, 0.2) is 18.2 Å². The Labute approximate surface area is 85.5 Å². The lowest BCUT2D eigenvalue weighted by molar-refractivity contribution is 0.411. The molecule has 1 aliphatic rings. The molecule has 14 heavy (non-hydrogen) atoms. The fourth-order valence-corrected chi connectivity index (χ4v) is 2.21. The highest BCUT2D eigenvalue weighted by atomic mass is 14.9. The predicted octanol–water partition coefficient (Wildman–Crippen LogP) is 2.39. The molecule has 2 rings (SSSR count). The van der Waals surface area contributed by atoms with Gasteiger partial charge in [-0.05, 0) is 49.6 Å². The quantitative estimate of drug-likeness (QED) is 0.667. The molecule has 1 atom stereocenters. The normalized spacial score (nSPS) is 22.2. The average Bonchev–Trinajstić information content (AvgIpc) is 2.19. The zero-order valence-corrected chi connectivity index (χ0v) is 8.72. The van der Waals surface area contributed by atoms with Gasteiger partial charge in [0.05, 0.1) is 0 Å². The molecule has 1 saturated heterocycles. The van der Waals surface area contributed by atoms with E-state index >= 15 is 0 Å². The van der Waals surface area contributed by atoms with Crippen LogP contribution in [0.3, 0.4) is 0 Å². The molecule has 2 heteroatoms. The third-order valence-corrected chi connectivity index (χ3v) is 2.98. The van der Waals surface area contributed by atoms with E-state index in [0.29, 0.717) is 6.04 Å². The summed E-state index contributed by atoms with van der Waals surface area (Å²) in [5, 5.41) is 3.55. The highest BCUT2D eigenvalue weighted by Crippen LogP contribution is 2.26. The van der Waals surface area contributed by atoms with Gasteiger partial charge < -0.3 is 11.1 Å². The van der Waals surface area contributed by atoms with Crippen LogP contribution in [0.2, 0.25) is 0 Å². The number of hydrogen-bond donors (Lipinski definition) is 2. The van der Waals surface area contributed by atoms with E-state index in [2.05, 4.69) is 24.4 Å². The van der Waals surface area contributed by atoms with Gasteiger partial charge in [0.25, 0.3) is 0 Å². The van der Waals surface area contributed by atoms with Crippen LogP contribution in [0.5, 0.6) is 0 Å². The Morgan fingerprint density at radius 3 is 2.86 bits per heavy atom. The number of hydrogen-bond acceptors (Lipinski definition) is 2. The van der Waals surface area contributed by atoms with Crippen LogP contribution in [-0.4, -0.2) is 6.54 Å². The van der Waals surface area contributed by atoms with Gasteiger partial charge >= 0.3 is 0 Å². The number of nitrogens with one attached hydrogen (secondary N) is 1. The van der Waals surface area contributed by atoms with Crippen LogP contribution in [0.4, 0.5) is 5.69 Å². The topological polar surface area (TPSA) is 38.0 Å². The number of nitrogens with two attached hydrogens (primary N) is 1. The van der Waals surface area contributed by atoms with Crippen molar-refractivity contribution in [3.8, 4) is 0 Å². The van der Waals surface area contributed by atoms with Crippen LogP contribution in [0.1, 0.15) is 36.4 Å². The molecule has 0 radical (unpaired) electrons. The van der Waals surface area contributed by atoms with E-state index in [-0.39, 0.29) is 0 Å². The summed E-state index contributed by atoms with van der Waals surface area (Å²) in [5.41, 5.74) is 9.32. The highest BCUT2D eigenvalue weighted by molar-refractivity contribution is 5.45. The maximum atomic E-state index is 5.74. The van der Waals surface area contributed by atoms with Crippen LogP contribution in [0, 0.1) is 6.92 Å². The number of benzene rings is 1. The number of piperidine rings is 1. The molecule has 1 unspecified atom stereocenters. The number of anilines is 1. The average molecular weight is 190 g/mol. The van der Waals surface area contributed by atoms with Gasteiger partial charge in [-0.1, -0.05) is 12.5 Å². The van der Waals surface area contributed by atoms with Gasteiger partial charge in [-0.25, -0.2) is 0 Å². The zero-order valence-electron chi connectivity index (χ0n) is 8.72. The van der Waals surface area contributed by atoms with Crippen molar-refractivity contribution >= 4 is 5.69 Å². The first-order valence-corrected chi connectivity index (χ1v) is 5.37. The molecular weight excluding hydrogens is 172 g/mol. The van der Waals surface area contributed by atoms with E-state index < -0.39 is 0 Å². The second-order valence-corrected chi connectivity index (χ2v) is 4.12. The van der Waals surface area contributed by atoms with Crippen molar-refractivity contribution in [1.82, 2.24) is 5.32 Å². The van der Waals surface area contributed by atoms with Gasteiger partial charge in [0.15, 0.2) is 0 Å². The Bertz CT molecular complexity index is 314. The summed E-state index contributed by atoms with van der Waals surface area (Å²) in [6.07, 6.45) is 3.90. The van der Waals surface area contributed by atoms with Crippen LogP contribution in [0.25, 0.3) is 0 Å². The van der Waals surface area contributed by atoms with Crippen molar-refractivity contribution in [1.29, 1.82) is 0 Å². The Hall–Kier alpha value is -1.02. The summed E-state index contributed by atoms with van der Waals surface area (Å²) in [6, 6.07) is 6.77. The Kier molecular flexibility index (Phi) is 2.73. The molecular formula is C12H18N2. The Morgan fingerprint density at radius 2 is 2.21 bits per heavy atom. The summed E-state index contributed by atoms with van der Waals surface area (Å²) >= 11 is 0. The van der Waals surface area contributed by atoms with Crippen molar-refractivity contribution in [2.45, 2.75) is 32.2 Å². The molecule has 1 aromatic carbocycles. The summed E-state index contributed by atoms with van der Waals surface area (Å²) in [4.78, 5) is 0.